The maximum absolute atomic E-state index is 13.2. The summed E-state index contributed by atoms with van der Waals surface area (Å²) in [7, 11) is 1.47. The Morgan fingerprint density at radius 2 is 2.07 bits per heavy atom. The minimum atomic E-state index is -3.26. The molecular weight excluding hydrogens is 196 g/mol. The van der Waals surface area contributed by atoms with Crippen LogP contribution in [0.25, 0.3) is 0 Å². The van der Waals surface area contributed by atoms with Crippen molar-refractivity contribution in [3.8, 4) is 0 Å². The van der Waals surface area contributed by atoms with E-state index in [-0.39, 0.29) is 6.42 Å². The van der Waals surface area contributed by atoms with Gasteiger partial charge in [0, 0.05) is 7.05 Å². The van der Waals surface area contributed by atoms with Gasteiger partial charge in [-0.05, 0) is 6.42 Å². The van der Waals surface area contributed by atoms with E-state index < -0.39 is 30.2 Å². The van der Waals surface area contributed by atoms with Crippen molar-refractivity contribution in [2.75, 3.05) is 7.05 Å². The lowest BCUT2D eigenvalue weighted by molar-refractivity contribution is -0.178. The number of rotatable bonds is 2. The molecule has 0 aliphatic heterocycles. The van der Waals surface area contributed by atoms with Gasteiger partial charge in [-0.25, -0.2) is 14.3 Å². The Morgan fingerprint density at radius 1 is 1.50 bits per heavy atom. The fourth-order valence-electron chi connectivity index (χ4n) is 1.52. The Morgan fingerprint density at radius 3 is 2.57 bits per heavy atom. The maximum atomic E-state index is 13.2. The SMILES string of the molecule is CNO[C@H]1C[C@@H](N)C(F)(F)[C@@H](N)C1O. The second-order valence-electron chi connectivity index (χ2n) is 3.39. The summed E-state index contributed by atoms with van der Waals surface area (Å²) in [5.41, 5.74) is 12.7. The first-order valence-electron chi connectivity index (χ1n) is 4.30. The van der Waals surface area contributed by atoms with Crippen LogP contribution < -0.4 is 16.9 Å². The smallest absolute Gasteiger partial charge is 0.280 e. The minimum absolute atomic E-state index is 0.136. The van der Waals surface area contributed by atoms with E-state index in [1.165, 1.54) is 7.05 Å². The fraction of sp³-hybridized carbons (Fsp3) is 1.00. The lowest BCUT2D eigenvalue weighted by Crippen LogP contribution is -2.67. The number of alkyl halides is 2. The zero-order chi connectivity index (χ0) is 10.9. The van der Waals surface area contributed by atoms with Crippen LogP contribution in [0.2, 0.25) is 0 Å². The molecule has 6 N–H and O–H groups in total. The molecule has 14 heavy (non-hydrogen) atoms. The van der Waals surface area contributed by atoms with Crippen molar-refractivity contribution >= 4 is 0 Å². The topological polar surface area (TPSA) is 93.5 Å². The highest BCUT2D eigenvalue weighted by Crippen LogP contribution is 2.32. The third kappa shape index (κ3) is 1.86. The van der Waals surface area contributed by atoms with Crippen LogP contribution in [-0.2, 0) is 4.84 Å². The normalized spacial score (nSPS) is 42.4. The number of hydrogen-bond acceptors (Lipinski definition) is 5. The van der Waals surface area contributed by atoms with E-state index >= 15 is 0 Å². The van der Waals surface area contributed by atoms with Crippen molar-refractivity contribution in [1.29, 1.82) is 0 Å². The molecule has 0 spiro atoms. The molecule has 1 aliphatic rings. The van der Waals surface area contributed by atoms with Gasteiger partial charge in [0.1, 0.15) is 12.2 Å². The molecule has 0 amide bonds. The molecule has 4 atom stereocenters. The summed E-state index contributed by atoms with van der Waals surface area (Å²) < 4.78 is 26.3. The summed E-state index contributed by atoms with van der Waals surface area (Å²) in [4.78, 5) is 4.84. The molecule has 0 aromatic carbocycles. The average Bonchev–Trinajstić information content (AvgIpc) is 2.12. The van der Waals surface area contributed by atoms with E-state index in [1.54, 1.807) is 0 Å². The van der Waals surface area contributed by atoms with Crippen LogP contribution in [0.1, 0.15) is 6.42 Å². The zero-order valence-electron chi connectivity index (χ0n) is 7.78. The quantitative estimate of drug-likeness (QED) is 0.420. The van der Waals surface area contributed by atoms with Crippen molar-refractivity contribution in [1.82, 2.24) is 5.48 Å². The first-order chi connectivity index (χ1) is 6.41. The van der Waals surface area contributed by atoms with Gasteiger partial charge in [-0.1, -0.05) is 0 Å². The van der Waals surface area contributed by atoms with Gasteiger partial charge in [0.2, 0.25) is 0 Å². The monoisotopic (exact) mass is 211 g/mol. The van der Waals surface area contributed by atoms with E-state index in [9.17, 15) is 13.9 Å². The maximum Gasteiger partial charge on any atom is 0.280 e. The van der Waals surface area contributed by atoms with E-state index in [1.807, 2.05) is 0 Å². The highest BCUT2D eigenvalue weighted by Gasteiger charge is 2.54. The van der Waals surface area contributed by atoms with Gasteiger partial charge in [-0.15, -0.1) is 0 Å². The van der Waals surface area contributed by atoms with Gasteiger partial charge in [0.25, 0.3) is 5.92 Å². The van der Waals surface area contributed by atoms with E-state index in [4.69, 9.17) is 16.3 Å². The molecule has 0 saturated heterocycles. The van der Waals surface area contributed by atoms with Crippen molar-refractivity contribution in [3.63, 3.8) is 0 Å². The first kappa shape index (κ1) is 11.7. The number of halogens is 2. The lowest BCUT2D eigenvalue weighted by Gasteiger charge is -2.41. The Kier molecular flexibility index (Phi) is 3.38. The largest absolute Gasteiger partial charge is 0.388 e. The van der Waals surface area contributed by atoms with Gasteiger partial charge in [0.15, 0.2) is 0 Å². The van der Waals surface area contributed by atoms with Crippen LogP contribution in [0.5, 0.6) is 0 Å². The predicted octanol–water partition coefficient (Wildman–Crippen LogP) is -1.44. The van der Waals surface area contributed by atoms with Gasteiger partial charge in [0.05, 0.1) is 12.1 Å². The second-order valence-corrected chi connectivity index (χ2v) is 3.39. The molecule has 7 heteroatoms. The minimum Gasteiger partial charge on any atom is -0.388 e. The molecule has 84 valence electrons. The summed E-state index contributed by atoms with van der Waals surface area (Å²) in [5, 5.41) is 9.40. The second kappa shape index (κ2) is 4.03. The van der Waals surface area contributed by atoms with Crippen LogP contribution in [-0.4, -0.2) is 42.4 Å². The van der Waals surface area contributed by atoms with Crippen LogP contribution in [0, 0.1) is 0 Å². The number of hydrogen-bond donors (Lipinski definition) is 4. The molecule has 1 aliphatic carbocycles. The standard InChI is InChI=1S/C7H15F2N3O2/c1-12-14-3-2-4(10)7(8,9)6(11)5(3)13/h3-6,12-13H,2,10-11H2,1H3/t3-,4+,5?,6-/m0/s1. The van der Waals surface area contributed by atoms with E-state index in [0.29, 0.717) is 0 Å². The molecule has 0 heterocycles. The molecule has 0 aromatic heterocycles. The zero-order valence-corrected chi connectivity index (χ0v) is 7.78. The lowest BCUT2D eigenvalue weighted by atomic mass is 9.84. The molecule has 5 nitrogen and oxygen atoms in total. The summed E-state index contributed by atoms with van der Waals surface area (Å²) >= 11 is 0. The summed E-state index contributed by atoms with van der Waals surface area (Å²) in [6.07, 6.45) is -2.36. The van der Waals surface area contributed by atoms with E-state index in [0.717, 1.165) is 0 Å². The van der Waals surface area contributed by atoms with Crippen LogP contribution >= 0.6 is 0 Å². The predicted molar refractivity (Wildman–Crippen MR) is 45.5 cm³/mol. The van der Waals surface area contributed by atoms with Crippen molar-refractivity contribution in [3.05, 3.63) is 0 Å². The molecule has 0 aromatic rings. The molecule has 1 saturated carbocycles. The van der Waals surface area contributed by atoms with Gasteiger partial charge < -0.3 is 16.6 Å². The Balaban J connectivity index is 2.73. The highest BCUT2D eigenvalue weighted by molar-refractivity contribution is 5.02. The van der Waals surface area contributed by atoms with Crippen LogP contribution in [0.3, 0.4) is 0 Å². The Hall–Kier alpha value is -0.340. The molecule has 0 radical (unpaired) electrons. The Bertz CT molecular complexity index is 205. The van der Waals surface area contributed by atoms with Crippen LogP contribution in [0.4, 0.5) is 8.78 Å². The van der Waals surface area contributed by atoms with Crippen molar-refractivity contribution in [2.45, 2.75) is 36.6 Å². The number of nitrogens with two attached hydrogens (primary N) is 2. The number of nitrogens with one attached hydrogen (secondary N) is 1. The first-order valence-corrected chi connectivity index (χ1v) is 4.30. The summed E-state index contributed by atoms with van der Waals surface area (Å²) in [5.74, 6) is -3.26. The third-order valence-electron chi connectivity index (χ3n) is 2.44. The van der Waals surface area contributed by atoms with Crippen LogP contribution in [0.15, 0.2) is 0 Å². The molecular formula is C7H15F2N3O2. The van der Waals surface area contributed by atoms with E-state index in [2.05, 4.69) is 5.48 Å². The van der Waals surface area contributed by atoms with Crippen molar-refractivity contribution < 1.29 is 18.7 Å². The molecule has 1 unspecified atom stereocenters. The Labute approximate surface area is 80.3 Å². The highest BCUT2D eigenvalue weighted by atomic mass is 19.3. The van der Waals surface area contributed by atoms with Gasteiger partial charge in [-0.2, -0.15) is 0 Å². The average molecular weight is 211 g/mol. The van der Waals surface area contributed by atoms with Gasteiger partial charge >= 0.3 is 0 Å². The number of hydroxylamine groups is 1. The molecule has 1 fully saturated rings. The summed E-state index contributed by atoms with van der Waals surface area (Å²) in [6.45, 7) is 0. The van der Waals surface area contributed by atoms with Gasteiger partial charge in [-0.3, -0.25) is 4.84 Å². The number of aliphatic hydroxyl groups excluding tert-OH is 1. The fourth-order valence-corrected chi connectivity index (χ4v) is 1.52. The molecule has 0 bridgehead atoms. The number of aliphatic hydroxyl groups is 1. The third-order valence-corrected chi connectivity index (χ3v) is 2.44. The van der Waals surface area contributed by atoms with Crippen molar-refractivity contribution in [2.24, 2.45) is 11.5 Å². The molecule has 1 rings (SSSR count). The summed E-state index contributed by atoms with van der Waals surface area (Å²) in [6, 6.07) is -3.08.